The number of hydrogen-bond acceptors (Lipinski definition) is 11. The van der Waals surface area contributed by atoms with Crippen LogP contribution in [0.1, 0.15) is 53.4 Å². The van der Waals surface area contributed by atoms with Gasteiger partial charge in [0.15, 0.2) is 23.4 Å². The highest BCUT2D eigenvalue weighted by Gasteiger charge is 2.77. The molecule has 4 aliphatic rings. The zero-order chi connectivity index (χ0) is 33.8. The Hall–Kier alpha value is -4.13. The Morgan fingerprint density at radius 3 is 1.77 bits per heavy atom. The molecule has 0 fully saturated rings. The molecule has 0 spiro atoms. The highest BCUT2D eigenvalue weighted by atomic mass is 16.8. The second-order valence-electron chi connectivity index (χ2n) is 12.0. The lowest BCUT2D eigenvalue weighted by Gasteiger charge is -2.51. The number of ketones is 1. The third-order valence-electron chi connectivity index (χ3n) is 10.1. The van der Waals surface area contributed by atoms with E-state index in [1.807, 2.05) is 60.7 Å². The Balaban J connectivity index is 1.54. The van der Waals surface area contributed by atoms with E-state index in [4.69, 9.17) is 47.4 Å². The van der Waals surface area contributed by atoms with E-state index in [9.17, 15) is 4.79 Å². The van der Waals surface area contributed by atoms with Gasteiger partial charge in [0, 0.05) is 48.4 Å². The lowest BCUT2D eigenvalue weighted by Crippen LogP contribution is -2.69. The molecule has 11 heteroatoms. The zero-order valence-electron chi connectivity index (χ0n) is 28.1. The van der Waals surface area contributed by atoms with Crippen molar-refractivity contribution in [3.05, 3.63) is 94.2 Å². The fraction of sp³-hybridized carbons (Fsp3) is 0.432. The number of carbonyl (C=O) groups is 1. The summed E-state index contributed by atoms with van der Waals surface area (Å²) in [7, 11) is 10.6. The normalized spacial score (nSPS) is 30.2. The van der Waals surface area contributed by atoms with Gasteiger partial charge in [0.1, 0.15) is 18.0 Å². The first kappa shape index (κ1) is 32.4. The molecule has 7 atom stereocenters. The van der Waals surface area contributed by atoms with E-state index in [2.05, 4.69) is 0 Å². The van der Waals surface area contributed by atoms with E-state index < -0.39 is 41.6 Å². The van der Waals surface area contributed by atoms with Gasteiger partial charge in [-0.05, 0) is 11.1 Å². The fourth-order valence-electron chi connectivity index (χ4n) is 7.94. The van der Waals surface area contributed by atoms with Gasteiger partial charge in [0.25, 0.3) is 5.79 Å². The average molecular weight is 661 g/mol. The maximum Gasteiger partial charge on any atom is 0.285 e. The molecule has 3 aromatic rings. The maximum atomic E-state index is 14.5. The molecule has 0 radical (unpaired) electrons. The lowest BCUT2D eigenvalue weighted by molar-refractivity contribution is -0.310. The van der Waals surface area contributed by atoms with Crippen molar-refractivity contribution in [3.8, 4) is 23.0 Å². The molecular weight excluding hydrogens is 620 g/mol. The number of benzene rings is 3. The van der Waals surface area contributed by atoms with E-state index in [-0.39, 0.29) is 23.2 Å². The van der Waals surface area contributed by atoms with Crippen LogP contribution in [-0.4, -0.2) is 73.5 Å². The number of carbonyl (C=O) groups excluding carboxylic acids is 1. The maximum absolute atomic E-state index is 14.5. The number of fused-ring (bicyclic) bond motifs is 6. The molecule has 0 bridgehead atoms. The average Bonchev–Trinajstić information content (AvgIpc) is 3.46. The molecule has 0 saturated carbocycles. The van der Waals surface area contributed by atoms with Gasteiger partial charge in [0.05, 0.1) is 43.1 Å². The molecule has 0 saturated heterocycles. The van der Waals surface area contributed by atoms with Gasteiger partial charge in [-0.1, -0.05) is 60.7 Å². The van der Waals surface area contributed by atoms with Crippen LogP contribution in [0.2, 0.25) is 0 Å². The van der Waals surface area contributed by atoms with E-state index >= 15 is 0 Å². The molecule has 0 N–H and O–H groups in total. The molecule has 3 aromatic carbocycles. The van der Waals surface area contributed by atoms with Gasteiger partial charge in [-0.15, -0.1) is 0 Å². The van der Waals surface area contributed by atoms with Crippen LogP contribution in [0, 0.1) is 0 Å². The minimum absolute atomic E-state index is 0.184. The van der Waals surface area contributed by atoms with Crippen LogP contribution in [-0.2, 0) is 38.8 Å². The summed E-state index contributed by atoms with van der Waals surface area (Å²) in [4.78, 5) is 14.5. The summed E-state index contributed by atoms with van der Waals surface area (Å²) in [6, 6.07) is 19.6. The molecule has 254 valence electrons. The molecule has 0 unspecified atom stereocenters. The molecule has 0 amide bonds. The summed E-state index contributed by atoms with van der Waals surface area (Å²) in [5.74, 6) is -0.910. The predicted molar refractivity (Wildman–Crippen MR) is 171 cm³/mol. The quantitative estimate of drug-likeness (QED) is 0.290. The largest absolute Gasteiger partial charge is 0.492 e. The summed E-state index contributed by atoms with van der Waals surface area (Å²) in [5.41, 5.74) is 1.33. The van der Waals surface area contributed by atoms with Crippen molar-refractivity contribution in [2.24, 2.45) is 0 Å². The van der Waals surface area contributed by atoms with Gasteiger partial charge in [-0.3, -0.25) is 4.79 Å². The molecule has 1 aliphatic carbocycles. The summed E-state index contributed by atoms with van der Waals surface area (Å²) >= 11 is 0. The summed E-state index contributed by atoms with van der Waals surface area (Å²) < 4.78 is 63.8. The number of methoxy groups -OCH3 is 7. The van der Waals surface area contributed by atoms with E-state index in [1.54, 1.807) is 14.2 Å². The second kappa shape index (κ2) is 12.4. The first-order chi connectivity index (χ1) is 23.4. The van der Waals surface area contributed by atoms with E-state index in [1.165, 1.54) is 35.5 Å². The number of hydrogen-bond donors (Lipinski definition) is 0. The Labute approximate surface area is 279 Å². The smallest absolute Gasteiger partial charge is 0.285 e. The van der Waals surface area contributed by atoms with Crippen molar-refractivity contribution >= 4 is 5.78 Å². The van der Waals surface area contributed by atoms with Crippen molar-refractivity contribution in [1.29, 1.82) is 0 Å². The van der Waals surface area contributed by atoms with Crippen LogP contribution >= 0.6 is 0 Å². The van der Waals surface area contributed by atoms with Crippen molar-refractivity contribution in [3.63, 3.8) is 0 Å². The van der Waals surface area contributed by atoms with E-state index in [0.29, 0.717) is 41.2 Å². The highest BCUT2D eigenvalue weighted by molar-refractivity contribution is 6.03. The minimum atomic E-state index is -1.92. The summed E-state index contributed by atoms with van der Waals surface area (Å²) in [6.07, 6.45) is -2.54. The Morgan fingerprint density at radius 1 is 0.667 bits per heavy atom. The minimum Gasteiger partial charge on any atom is -0.492 e. The molecule has 0 aromatic heterocycles. The Bertz CT molecular complexity index is 1720. The topological polar surface area (TPSA) is 109 Å². The van der Waals surface area contributed by atoms with Gasteiger partial charge in [0.2, 0.25) is 17.1 Å². The third kappa shape index (κ3) is 4.28. The van der Waals surface area contributed by atoms with Gasteiger partial charge in [-0.2, -0.15) is 0 Å². The first-order valence-electron chi connectivity index (χ1n) is 15.8. The van der Waals surface area contributed by atoms with Crippen LogP contribution in [0.3, 0.4) is 0 Å². The Kier molecular flexibility index (Phi) is 8.37. The SMILES string of the molecule is COc1c2c(c3c(c1OC)[C@@]1(OC)C4=C(C(=O)[C@@H](OC)[C@@]1(OC)O3)[C@H](OC)C[C@@H](c1ccccc1)O4)[C@H](OC)C[C@@H](c1ccccc1)O2. The number of Topliss-reactive ketones (excluding diaryl/α,β-unsaturated/α-hetero) is 1. The molecule has 3 aliphatic heterocycles. The van der Waals surface area contributed by atoms with Gasteiger partial charge < -0.3 is 47.4 Å². The molecule has 48 heavy (non-hydrogen) atoms. The summed E-state index contributed by atoms with van der Waals surface area (Å²) in [5, 5.41) is 0. The molecule has 7 rings (SSSR count). The Morgan fingerprint density at radius 2 is 1.25 bits per heavy atom. The van der Waals surface area contributed by atoms with Crippen molar-refractivity contribution in [2.75, 3.05) is 49.8 Å². The molecule has 3 heterocycles. The second-order valence-corrected chi connectivity index (χ2v) is 12.0. The predicted octanol–water partition coefficient (Wildman–Crippen LogP) is 5.52. The van der Waals surface area contributed by atoms with Gasteiger partial charge in [-0.25, -0.2) is 0 Å². The molecule has 11 nitrogen and oxygen atoms in total. The van der Waals surface area contributed by atoms with Crippen molar-refractivity contribution < 1.29 is 52.2 Å². The van der Waals surface area contributed by atoms with Crippen LogP contribution < -0.4 is 18.9 Å². The monoisotopic (exact) mass is 660 g/mol. The van der Waals surface area contributed by atoms with Crippen LogP contribution in [0.25, 0.3) is 0 Å². The standard InChI is InChI=1S/C37H40O11/c1-39-24-19-23(21-16-12-9-13-17-21)47-34-26(24)29(38)35(43-5)37(45-7)36(34,44-6)28-30(48-37)27-25(40-2)18-22(20-14-10-8-11-15-20)46-31(27)33(42-4)32(28)41-3/h8-17,22-25,35H,18-19H2,1-7H3/t22-,23-,24+,25+,35+,36+,37+/m0/s1. The van der Waals surface area contributed by atoms with E-state index in [0.717, 1.165) is 11.1 Å². The molecular formula is C37H40O11. The number of rotatable bonds is 9. The number of ether oxygens (including phenoxy) is 10. The van der Waals surface area contributed by atoms with Crippen molar-refractivity contribution in [1.82, 2.24) is 0 Å². The van der Waals surface area contributed by atoms with Crippen LogP contribution in [0.5, 0.6) is 23.0 Å². The fourth-order valence-corrected chi connectivity index (χ4v) is 7.94. The highest BCUT2D eigenvalue weighted by Crippen LogP contribution is 2.69. The zero-order valence-corrected chi connectivity index (χ0v) is 28.1. The third-order valence-corrected chi connectivity index (χ3v) is 10.1. The van der Waals surface area contributed by atoms with Crippen molar-refractivity contribution in [2.45, 2.75) is 54.7 Å². The van der Waals surface area contributed by atoms with Gasteiger partial charge >= 0.3 is 0 Å². The van der Waals surface area contributed by atoms with Crippen LogP contribution in [0.4, 0.5) is 0 Å². The van der Waals surface area contributed by atoms with Crippen LogP contribution in [0.15, 0.2) is 72.0 Å². The summed E-state index contributed by atoms with van der Waals surface area (Å²) in [6.45, 7) is 0. The first-order valence-corrected chi connectivity index (χ1v) is 15.8. The lowest BCUT2D eigenvalue weighted by atomic mass is 9.70.